The van der Waals surface area contributed by atoms with Crippen molar-refractivity contribution in [1.82, 2.24) is 4.90 Å². The maximum atomic E-state index is 12.5. The minimum absolute atomic E-state index is 0.236. The van der Waals surface area contributed by atoms with E-state index in [-0.39, 0.29) is 12.6 Å². The second kappa shape index (κ2) is 7.29. The van der Waals surface area contributed by atoms with Crippen LogP contribution in [0, 0.1) is 0 Å². The molecular formula is C21H20ClFN2O. The molecule has 0 spiro atoms. The van der Waals surface area contributed by atoms with Crippen LogP contribution in [0.3, 0.4) is 0 Å². The molecule has 1 saturated heterocycles. The van der Waals surface area contributed by atoms with Crippen LogP contribution < -0.4 is 0 Å². The molecule has 0 bridgehead atoms. The number of amides is 1. The number of carbonyl (C=O) groups excluding carboxylic acids is 1. The molecule has 1 fully saturated rings. The van der Waals surface area contributed by atoms with Gasteiger partial charge in [-0.05, 0) is 60.7 Å². The van der Waals surface area contributed by atoms with Crippen LogP contribution in [0.15, 0.2) is 41.4 Å². The molecule has 4 rings (SSSR count). The zero-order valence-corrected chi connectivity index (χ0v) is 15.2. The fraction of sp³-hybridized carbons (Fsp3) is 0.333. The Morgan fingerprint density at radius 1 is 1.12 bits per heavy atom. The van der Waals surface area contributed by atoms with Gasteiger partial charge in [0.1, 0.15) is 6.67 Å². The van der Waals surface area contributed by atoms with E-state index in [1.54, 1.807) is 0 Å². The van der Waals surface area contributed by atoms with Crippen molar-refractivity contribution in [3.63, 3.8) is 0 Å². The molecule has 1 amide bonds. The van der Waals surface area contributed by atoms with Crippen molar-refractivity contribution in [2.24, 2.45) is 4.99 Å². The van der Waals surface area contributed by atoms with Crippen LogP contribution >= 0.6 is 11.6 Å². The molecule has 0 N–H and O–H groups in total. The summed E-state index contributed by atoms with van der Waals surface area (Å²) in [5, 5.41) is 0.552. The quantitative estimate of drug-likeness (QED) is 0.779. The molecule has 0 atom stereocenters. The van der Waals surface area contributed by atoms with Crippen LogP contribution in [0.25, 0.3) is 11.1 Å². The number of fused-ring (bicyclic) bond motifs is 1. The molecule has 0 aliphatic carbocycles. The van der Waals surface area contributed by atoms with Crippen molar-refractivity contribution in [3.8, 4) is 11.1 Å². The van der Waals surface area contributed by atoms with E-state index in [4.69, 9.17) is 11.6 Å². The first-order valence-electron chi connectivity index (χ1n) is 8.96. The van der Waals surface area contributed by atoms with Crippen LogP contribution in [0.2, 0.25) is 5.02 Å². The van der Waals surface area contributed by atoms with E-state index in [1.165, 1.54) is 11.8 Å². The molecule has 0 radical (unpaired) electrons. The predicted octanol–water partition coefficient (Wildman–Crippen LogP) is 4.73. The maximum Gasteiger partial charge on any atom is 0.277 e. The zero-order chi connectivity index (χ0) is 18.1. The Morgan fingerprint density at radius 2 is 1.85 bits per heavy atom. The lowest BCUT2D eigenvalue weighted by molar-refractivity contribution is 0.101. The molecule has 2 aliphatic rings. The smallest absolute Gasteiger partial charge is 0.277 e. The van der Waals surface area contributed by atoms with Crippen LogP contribution in [0.4, 0.5) is 4.39 Å². The van der Waals surface area contributed by atoms with E-state index in [0.717, 1.165) is 37.1 Å². The van der Waals surface area contributed by atoms with Crippen LogP contribution in [0.5, 0.6) is 0 Å². The zero-order valence-electron chi connectivity index (χ0n) is 14.4. The van der Waals surface area contributed by atoms with Crippen molar-refractivity contribution >= 4 is 23.7 Å². The Morgan fingerprint density at radius 3 is 2.54 bits per heavy atom. The van der Waals surface area contributed by atoms with E-state index in [2.05, 4.69) is 34.2 Å². The number of alkyl halides is 1. The highest BCUT2D eigenvalue weighted by atomic mass is 35.5. The minimum Gasteiger partial charge on any atom is -0.301 e. The molecule has 0 saturated carbocycles. The third-order valence-corrected chi connectivity index (χ3v) is 5.69. The summed E-state index contributed by atoms with van der Waals surface area (Å²) in [5.41, 5.74) is 4.55. The summed E-state index contributed by atoms with van der Waals surface area (Å²) in [5.74, 6) is 0.291. The number of hydrogen-bond donors (Lipinski definition) is 0. The summed E-state index contributed by atoms with van der Waals surface area (Å²) in [4.78, 5) is 17.9. The number of carbonyl (C=O) groups is 1. The van der Waals surface area contributed by atoms with Crippen LogP contribution in [-0.4, -0.2) is 43.3 Å². The van der Waals surface area contributed by atoms with E-state index in [0.29, 0.717) is 28.6 Å². The first-order chi connectivity index (χ1) is 12.7. The SMILES string of the molecule is O=C1N=Cc2c(Cl)cc(-c3ccc(C4CCN(CCF)CC4)cc3)cc21. The Labute approximate surface area is 157 Å². The second-order valence-corrected chi connectivity index (χ2v) is 7.32. The standard InChI is InChI=1S/C21H20ClFN2O/c22-20-12-17(11-18-19(20)13-24-21(18)26)15-3-1-14(2-4-15)16-5-8-25(9-6-16)10-7-23/h1-4,11-13,16H,5-10H2. The van der Waals surface area contributed by atoms with Gasteiger partial charge in [0.2, 0.25) is 0 Å². The van der Waals surface area contributed by atoms with E-state index in [9.17, 15) is 9.18 Å². The van der Waals surface area contributed by atoms with Gasteiger partial charge >= 0.3 is 0 Å². The summed E-state index contributed by atoms with van der Waals surface area (Å²) in [6.07, 6.45) is 3.66. The van der Waals surface area contributed by atoms with Crippen LogP contribution in [-0.2, 0) is 0 Å². The molecule has 3 nitrogen and oxygen atoms in total. The average molecular weight is 371 g/mol. The number of nitrogens with zero attached hydrogens (tertiary/aromatic N) is 2. The number of hydrogen-bond acceptors (Lipinski definition) is 2. The van der Waals surface area contributed by atoms with E-state index in [1.807, 2.05) is 12.1 Å². The fourth-order valence-corrected chi connectivity index (χ4v) is 4.11. The maximum absolute atomic E-state index is 12.5. The molecule has 0 unspecified atom stereocenters. The highest BCUT2D eigenvalue weighted by Gasteiger charge is 2.21. The van der Waals surface area contributed by atoms with Gasteiger partial charge in [-0.1, -0.05) is 35.9 Å². The van der Waals surface area contributed by atoms with Gasteiger partial charge in [0.15, 0.2) is 0 Å². The summed E-state index contributed by atoms with van der Waals surface area (Å²) < 4.78 is 12.5. The topological polar surface area (TPSA) is 32.7 Å². The molecule has 5 heteroatoms. The molecule has 2 aromatic rings. The van der Waals surface area contributed by atoms with Crippen LogP contribution in [0.1, 0.15) is 40.2 Å². The van der Waals surface area contributed by atoms with Crippen molar-refractivity contribution in [1.29, 1.82) is 0 Å². The second-order valence-electron chi connectivity index (χ2n) is 6.91. The van der Waals surface area contributed by atoms with Gasteiger partial charge in [-0.15, -0.1) is 0 Å². The number of likely N-dealkylation sites (tertiary alicyclic amines) is 1. The molecule has 2 aromatic carbocycles. The molecule has 26 heavy (non-hydrogen) atoms. The lowest BCUT2D eigenvalue weighted by Crippen LogP contribution is -2.34. The summed E-state index contributed by atoms with van der Waals surface area (Å²) in [6.45, 7) is 2.20. The van der Waals surface area contributed by atoms with Crippen molar-refractivity contribution < 1.29 is 9.18 Å². The summed E-state index contributed by atoms with van der Waals surface area (Å²) in [7, 11) is 0. The third-order valence-electron chi connectivity index (χ3n) is 5.37. The minimum atomic E-state index is -0.268. The molecule has 134 valence electrons. The largest absolute Gasteiger partial charge is 0.301 e. The summed E-state index contributed by atoms with van der Waals surface area (Å²) >= 11 is 6.31. The lowest BCUT2D eigenvalue weighted by atomic mass is 9.88. The van der Waals surface area contributed by atoms with Gasteiger partial charge in [-0.3, -0.25) is 4.79 Å². The number of halogens is 2. The van der Waals surface area contributed by atoms with Crippen molar-refractivity contribution in [2.75, 3.05) is 26.3 Å². The highest BCUT2D eigenvalue weighted by Crippen LogP contribution is 2.33. The van der Waals surface area contributed by atoms with Crippen molar-refractivity contribution in [3.05, 3.63) is 58.1 Å². The van der Waals surface area contributed by atoms with Gasteiger partial charge in [-0.2, -0.15) is 0 Å². The van der Waals surface area contributed by atoms with Crippen molar-refractivity contribution in [2.45, 2.75) is 18.8 Å². The fourth-order valence-electron chi connectivity index (χ4n) is 3.84. The molecular weight excluding hydrogens is 351 g/mol. The third kappa shape index (κ3) is 3.31. The van der Waals surface area contributed by atoms with Gasteiger partial charge in [0.25, 0.3) is 5.91 Å². The highest BCUT2D eigenvalue weighted by molar-refractivity contribution is 6.35. The Hall–Kier alpha value is -2.04. The number of aliphatic imine (C=N–C) groups is 1. The molecule has 0 aromatic heterocycles. The normalized spacial score (nSPS) is 17.7. The van der Waals surface area contributed by atoms with Gasteiger partial charge in [0.05, 0.1) is 10.6 Å². The number of benzene rings is 2. The first-order valence-corrected chi connectivity index (χ1v) is 9.34. The lowest BCUT2D eigenvalue weighted by Gasteiger charge is -2.31. The van der Waals surface area contributed by atoms with Gasteiger partial charge in [-0.25, -0.2) is 9.38 Å². The molecule has 2 heterocycles. The average Bonchev–Trinajstić information content (AvgIpc) is 3.04. The van der Waals surface area contributed by atoms with Gasteiger partial charge in [0, 0.05) is 18.3 Å². The summed E-state index contributed by atoms with van der Waals surface area (Å²) in [6, 6.07) is 12.2. The Kier molecular flexibility index (Phi) is 4.88. The Bertz CT molecular complexity index is 855. The first kappa shape index (κ1) is 17.4. The van der Waals surface area contributed by atoms with E-state index >= 15 is 0 Å². The number of piperidine rings is 1. The number of rotatable bonds is 4. The molecule has 2 aliphatic heterocycles. The van der Waals surface area contributed by atoms with E-state index < -0.39 is 0 Å². The Balaban J connectivity index is 1.52. The van der Waals surface area contributed by atoms with Gasteiger partial charge < -0.3 is 4.90 Å². The predicted molar refractivity (Wildman–Crippen MR) is 103 cm³/mol. The monoisotopic (exact) mass is 370 g/mol.